The number of aryl methyl sites for hydroxylation is 1. The number of nitrogens with zero attached hydrogens (tertiary/aromatic N) is 1. The van der Waals surface area contributed by atoms with E-state index in [9.17, 15) is 14.7 Å². The second-order valence-electron chi connectivity index (χ2n) is 9.60. The van der Waals surface area contributed by atoms with Crippen LogP contribution >= 0.6 is 0 Å². The maximum Gasteiger partial charge on any atom is 0.260 e. The summed E-state index contributed by atoms with van der Waals surface area (Å²) in [6, 6.07) is 20.3. The highest BCUT2D eigenvalue weighted by Crippen LogP contribution is 2.58. The van der Waals surface area contributed by atoms with E-state index in [0.29, 0.717) is 17.7 Å². The van der Waals surface area contributed by atoms with E-state index in [-0.39, 0.29) is 29.1 Å². The van der Waals surface area contributed by atoms with Crippen molar-refractivity contribution in [2.75, 3.05) is 19.6 Å². The van der Waals surface area contributed by atoms with Crippen molar-refractivity contribution in [1.82, 2.24) is 5.01 Å². The number of phenolic OH excluding ortho intramolecular Hbond substituents is 1. The van der Waals surface area contributed by atoms with Crippen molar-refractivity contribution in [3.63, 3.8) is 0 Å². The zero-order valence-electron chi connectivity index (χ0n) is 21.6. The highest BCUT2D eigenvalue weighted by Gasteiger charge is 2.65. The Morgan fingerprint density at radius 2 is 1.66 bits per heavy atom. The van der Waals surface area contributed by atoms with Gasteiger partial charge in [-0.25, -0.2) is 0 Å². The van der Waals surface area contributed by atoms with Crippen molar-refractivity contribution in [3.8, 4) is 17.2 Å². The summed E-state index contributed by atoms with van der Waals surface area (Å²) in [6.45, 7) is 6.01. The molecule has 1 aliphatic heterocycles. The van der Waals surface area contributed by atoms with Crippen molar-refractivity contribution in [2.24, 2.45) is 5.92 Å². The van der Waals surface area contributed by atoms with E-state index in [1.165, 1.54) is 14.2 Å². The molecule has 2 aliphatic rings. The average Bonchev–Trinajstić information content (AvgIpc) is 3.16. The predicted octanol–water partition coefficient (Wildman–Crippen LogP) is 5.27. The van der Waals surface area contributed by atoms with E-state index in [1.807, 2.05) is 67.6 Å². The second kappa shape index (κ2) is 9.74. The summed E-state index contributed by atoms with van der Waals surface area (Å²) in [4.78, 5) is 28.6. The van der Waals surface area contributed by atoms with Crippen LogP contribution in [0.25, 0.3) is 0 Å². The van der Waals surface area contributed by atoms with Gasteiger partial charge in [-0.1, -0.05) is 66.8 Å². The third kappa shape index (κ3) is 3.74. The first-order valence-corrected chi connectivity index (χ1v) is 12.4. The molecule has 0 spiro atoms. The van der Waals surface area contributed by atoms with Crippen molar-refractivity contribution < 1.29 is 24.2 Å². The molecule has 194 valence electrons. The molecule has 38 heavy (non-hydrogen) atoms. The van der Waals surface area contributed by atoms with Crippen LogP contribution in [0.1, 0.15) is 29.0 Å². The Morgan fingerprint density at radius 1 is 1.03 bits per heavy atom. The van der Waals surface area contributed by atoms with E-state index < -0.39 is 17.3 Å². The molecule has 1 heterocycles. The standard InChI is InChI=1S/C31H30N2O5/c1-5-20-13-16-24-29(35)33(32-23-14-11-19(2)12-15-23)30(36)31(24,22-9-7-6-8-10-22)27(20)21-17-25(37-3)28(34)26(18-21)38-4/h5-15,17-18,24,27,32,34H,1,16H2,2-4H3. The molecule has 0 saturated carbocycles. The number of amides is 2. The number of hydrogen-bond acceptors (Lipinski definition) is 6. The van der Waals surface area contributed by atoms with Crippen LogP contribution in [0.4, 0.5) is 5.69 Å². The number of carbonyl (C=O) groups excluding carboxylic acids is 2. The van der Waals surface area contributed by atoms with Gasteiger partial charge in [0, 0.05) is 5.92 Å². The number of carbonyl (C=O) groups is 2. The second-order valence-corrected chi connectivity index (χ2v) is 9.60. The topological polar surface area (TPSA) is 88.1 Å². The maximum atomic E-state index is 14.6. The summed E-state index contributed by atoms with van der Waals surface area (Å²) in [6.07, 6.45) is 4.07. The molecule has 1 aliphatic carbocycles. The Morgan fingerprint density at radius 3 is 2.24 bits per heavy atom. The molecule has 0 aromatic heterocycles. The van der Waals surface area contributed by atoms with Gasteiger partial charge >= 0.3 is 0 Å². The summed E-state index contributed by atoms with van der Waals surface area (Å²) in [5.41, 5.74) is 5.69. The van der Waals surface area contributed by atoms with Crippen LogP contribution in [-0.4, -0.2) is 36.1 Å². The Labute approximate surface area is 222 Å². The number of allylic oxidation sites excluding steroid dienone is 3. The number of rotatable bonds is 7. The number of aromatic hydroxyl groups is 1. The number of anilines is 1. The summed E-state index contributed by atoms with van der Waals surface area (Å²) >= 11 is 0. The first kappa shape index (κ1) is 25.1. The smallest absolute Gasteiger partial charge is 0.260 e. The van der Waals surface area contributed by atoms with Crippen molar-refractivity contribution in [3.05, 3.63) is 108 Å². The zero-order chi connectivity index (χ0) is 27.0. The quantitative estimate of drug-likeness (QED) is 0.421. The molecule has 1 fully saturated rings. The minimum atomic E-state index is -1.28. The summed E-state index contributed by atoms with van der Waals surface area (Å²) in [7, 11) is 2.91. The first-order chi connectivity index (χ1) is 18.4. The number of phenols is 1. The van der Waals surface area contributed by atoms with Gasteiger partial charge in [-0.2, -0.15) is 5.01 Å². The van der Waals surface area contributed by atoms with Gasteiger partial charge in [-0.15, -0.1) is 0 Å². The first-order valence-electron chi connectivity index (χ1n) is 12.4. The average molecular weight is 511 g/mol. The lowest BCUT2D eigenvalue weighted by Crippen LogP contribution is -2.48. The molecule has 1 saturated heterocycles. The fourth-order valence-corrected chi connectivity index (χ4v) is 5.84. The Hall–Kier alpha value is -4.52. The molecule has 3 atom stereocenters. The molecule has 0 bridgehead atoms. The van der Waals surface area contributed by atoms with E-state index in [4.69, 9.17) is 9.47 Å². The van der Waals surface area contributed by atoms with Crippen LogP contribution in [0.15, 0.2) is 91.0 Å². The largest absolute Gasteiger partial charge is 0.502 e. The van der Waals surface area contributed by atoms with Crippen LogP contribution < -0.4 is 14.9 Å². The molecule has 5 rings (SSSR count). The van der Waals surface area contributed by atoms with Crippen molar-refractivity contribution in [2.45, 2.75) is 24.7 Å². The molecule has 2 amide bonds. The van der Waals surface area contributed by atoms with Gasteiger partial charge in [0.15, 0.2) is 11.5 Å². The molecule has 7 heteroatoms. The third-order valence-corrected chi connectivity index (χ3v) is 7.62. The Balaban J connectivity index is 1.75. The summed E-state index contributed by atoms with van der Waals surface area (Å²) in [5.74, 6) is -1.66. The number of nitrogens with one attached hydrogen (secondary N) is 1. The van der Waals surface area contributed by atoms with Gasteiger partial charge in [0.25, 0.3) is 11.8 Å². The van der Waals surface area contributed by atoms with E-state index >= 15 is 0 Å². The van der Waals surface area contributed by atoms with Crippen molar-refractivity contribution in [1.29, 1.82) is 0 Å². The number of benzene rings is 3. The fourth-order valence-electron chi connectivity index (χ4n) is 5.84. The Kier molecular flexibility index (Phi) is 6.45. The number of imide groups is 1. The highest BCUT2D eigenvalue weighted by molar-refractivity contribution is 6.12. The molecular formula is C31H30N2O5. The lowest BCUT2D eigenvalue weighted by molar-refractivity contribution is -0.138. The van der Waals surface area contributed by atoms with Crippen LogP contribution in [0.2, 0.25) is 0 Å². The molecule has 3 aromatic rings. The minimum absolute atomic E-state index is 0.138. The molecule has 3 unspecified atom stereocenters. The van der Waals surface area contributed by atoms with Crippen LogP contribution in [0.5, 0.6) is 17.2 Å². The van der Waals surface area contributed by atoms with Gasteiger partial charge in [0.2, 0.25) is 5.75 Å². The number of fused-ring (bicyclic) bond motifs is 1. The van der Waals surface area contributed by atoms with Crippen LogP contribution in [0, 0.1) is 12.8 Å². The summed E-state index contributed by atoms with van der Waals surface area (Å²) < 4.78 is 10.9. The van der Waals surface area contributed by atoms with E-state index in [0.717, 1.165) is 21.7 Å². The molecule has 2 N–H and O–H groups in total. The lowest BCUT2D eigenvalue weighted by atomic mass is 9.56. The van der Waals surface area contributed by atoms with Gasteiger partial charge in [0.1, 0.15) is 0 Å². The Bertz CT molecular complexity index is 1410. The number of hydrogen-bond donors (Lipinski definition) is 2. The number of ether oxygens (including phenoxy) is 2. The van der Waals surface area contributed by atoms with Gasteiger partial charge < -0.3 is 14.6 Å². The highest BCUT2D eigenvalue weighted by atomic mass is 16.5. The monoisotopic (exact) mass is 510 g/mol. The number of methoxy groups -OCH3 is 2. The lowest BCUT2D eigenvalue weighted by Gasteiger charge is -2.43. The summed E-state index contributed by atoms with van der Waals surface area (Å²) in [5, 5.41) is 11.8. The SMILES string of the molecule is C=CC1=CCC2C(=O)N(Nc3ccc(C)cc3)C(=O)C2(c2ccccc2)C1c1cc(OC)c(O)c(OC)c1. The van der Waals surface area contributed by atoms with Gasteiger partial charge in [-0.3, -0.25) is 15.0 Å². The predicted molar refractivity (Wildman–Crippen MR) is 145 cm³/mol. The van der Waals surface area contributed by atoms with Gasteiger partial charge in [-0.05, 0) is 54.3 Å². The minimum Gasteiger partial charge on any atom is -0.502 e. The molecule has 3 aromatic carbocycles. The third-order valence-electron chi connectivity index (χ3n) is 7.62. The number of hydrazine groups is 1. The van der Waals surface area contributed by atoms with Crippen molar-refractivity contribution >= 4 is 17.5 Å². The fraction of sp³-hybridized carbons (Fsp3) is 0.226. The van der Waals surface area contributed by atoms with E-state index in [1.54, 1.807) is 18.2 Å². The van der Waals surface area contributed by atoms with Crippen LogP contribution in [-0.2, 0) is 15.0 Å². The normalized spacial score (nSPS) is 22.5. The zero-order valence-corrected chi connectivity index (χ0v) is 21.6. The molecule has 7 nitrogen and oxygen atoms in total. The van der Waals surface area contributed by atoms with Crippen LogP contribution in [0.3, 0.4) is 0 Å². The van der Waals surface area contributed by atoms with E-state index in [2.05, 4.69) is 12.0 Å². The molecule has 0 radical (unpaired) electrons. The molecular weight excluding hydrogens is 480 g/mol. The van der Waals surface area contributed by atoms with Gasteiger partial charge in [0.05, 0.1) is 31.2 Å². The maximum absolute atomic E-state index is 14.6.